The minimum absolute atomic E-state index is 0.580. The van der Waals surface area contributed by atoms with Crippen molar-refractivity contribution in [2.45, 2.75) is 53.5 Å². The quantitative estimate of drug-likeness (QED) is 0.793. The van der Waals surface area contributed by atoms with Gasteiger partial charge in [0.25, 0.3) is 0 Å². The first kappa shape index (κ1) is 15.9. The summed E-state index contributed by atoms with van der Waals surface area (Å²) in [6.07, 6.45) is 3.25. The minimum atomic E-state index is 0.580. The molecule has 114 valence electrons. The zero-order chi connectivity index (χ0) is 15.4. The van der Waals surface area contributed by atoms with Crippen LogP contribution >= 0.6 is 11.6 Å². The average molecular weight is 306 g/mol. The van der Waals surface area contributed by atoms with Gasteiger partial charge in [-0.3, -0.25) is 0 Å². The van der Waals surface area contributed by atoms with Crippen LogP contribution in [0.1, 0.15) is 48.0 Å². The Labute approximate surface area is 132 Å². The van der Waals surface area contributed by atoms with Crippen molar-refractivity contribution in [3.05, 3.63) is 45.5 Å². The molecule has 1 aromatic carbocycles. The smallest absolute Gasteiger partial charge is 0.152 e. The number of rotatable bonds is 6. The molecule has 0 atom stereocenters. The normalized spacial score (nSPS) is 10.9. The lowest BCUT2D eigenvalue weighted by Crippen LogP contribution is -2.04. The van der Waals surface area contributed by atoms with Gasteiger partial charge in [-0.2, -0.15) is 0 Å². The van der Waals surface area contributed by atoms with E-state index in [1.165, 1.54) is 22.4 Å². The van der Waals surface area contributed by atoms with Crippen LogP contribution in [-0.4, -0.2) is 9.97 Å². The standard InChI is InChI=1S/C17H24ClN3/c1-5-6-7-15-20-14(17(18)21-15)10-19-16-12(3)8-11(2)9-13(16)4/h8-9,19H,5-7,10H2,1-4H3,(H,20,21). The van der Waals surface area contributed by atoms with Gasteiger partial charge in [0, 0.05) is 12.1 Å². The minimum Gasteiger partial charge on any atom is -0.379 e. The Balaban J connectivity index is 2.08. The molecule has 1 heterocycles. The van der Waals surface area contributed by atoms with E-state index in [0.717, 1.165) is 30.8 Å². The van der Waals surface area contributed by atoms with Crippen molar-refractivity contribution in [3.8, 4) is 0 Å². The fourth-order valence-electron chi connectivity index (χ4n) is 2.66. The highest BCUT2D eigenvalue weighted by molar-refractivity contribution is 6.30. The van der Waals surface area contributed by atoms with Crippen LogP contribution in [0, 0.1) is 20.8 Å². The van der Waals surface area contributed by atoms with Crippen molar-refractivity contribution >= 4 is 17.3 Å². The summed E-state index contributed by atoms with van der Waals surface area (Å²) in [5.74, 6) is 0.982. The fraction of sp³-hybridized carbons (Fsp3) is 0.471. The van der Waals surface area contributed by atoms with Crippen molar-refractivity contribution in [1.29, 1.82) is 0 Å². The third-order valence-electron chi connectivity index (χ3n) is 3.66. The second-order valence-electron chi connectivity index (χ2n) is 5.68. The van der Waals surface area contributed by atoms with Gasteiger partial charge in [-0.15, -0.1) is 0 Å². The number of nitrogens with one attached hydrogen (secondary N) is 2. The number of aromatic amines is 1. The van der Waals surface area contributed by atoms with Gasteiger partial charge in [0.1, 0.15) is 5.82 Å². The highest BCUT2D eigenvalue weighted by Gasteiger charge is 2.09. The van der Waals surface area contributed by atoms with E-state index in [4.69, 9.17) is 11.6 Å². The van der Waals surface area contributed by atoms with E-state index in [2.05, 4.69) is 55.1 Å². The number of unbranched alkanes of at least 4 members (excludes halogenated alkanes) is 1. The summed E-state index contributed by atoms with van der Waals surface area (Å²) < 4.78 is 0. The molecular weight excluding hydrogens is 282 g/mol. The number of nitrogens with zero attached hydrogens (tertiary/aromatic N) is 1. The number of imidazole rings is 1. The lowest BCUT2D eigenvalue weighted by molar-refractivity contribution is 0.760. The van der Waals surface area contributed by atoms with Crippen molar-refractivity contribution in [1.82, 2.24) is 9.97 Å². The highest BCUT2D eigenvalue weighted by Crippen LogP contribution is 2.23. The van der Waals surface area contributed by atoms with Crippen molar-refractivity contribution < 1.29 is 0 Å². The zero-order valence-corrected chi connectivity index (χ0v) is 14.1. The van der Waals surface area contributed by atoms with E-state index in [1.54, 1.807) is 0 Å². The van der Waals surface area contributed by atoms with E-state index >= 15 is 0 Å². The summed E-state index contributed by atoms with van der Waals surface area (Å²) in [7, 11) is 0. The molecule has 0 aliphatic heterocycles. The first-order valence-electron chi connectivity index (χ1n) is 7.56. The van der Waals surface area contributed by atoms with E-state index < -0.39 is 0 Å². The molecule has 0 saturated carbocycles. The van der Waals surface area contributed by atoms with E-state index in [0.29, 0.717) is 11.7 Å². The van der Waals surface area contributed by atoms with Gasteiger partial charge in [0.05, 0.1) is 12.2 Å². The van der Waals surface area contributed by atoms with Crippen molar-refractivity contribution in [2.75, 3.05) is 5.32 Å². The number of halogens is 1. The van der Waals surface area contributed by atoms with Crippen LogP contribution < -0.4 is 5.32 Å². The Hall–Kier alpha value is -1.48. The maximum atomic E-state index is 6.21. The summed E-state index contributed by atoms with van der Waals surface area (Å²) in [6, 6.07) is 4.38. The molecular formula is C17H24ClN3. The molecule has 0 bridgehead atoms. The van der Waals surface area contributed by atoms with E-state index in [-0.39, 0.29) is 0 Å². The number of anilines is 1. The van der Waals surface area contributed by atoms with Gasteiger partial charge in [0.2, 0.25) is 0 Å². The molecule has 0 radical (unpaired) electrons. The highest BCUT2D eigenvalue weighted by atomic mass is 35.5. The third kappa shape index (κ3) is 4.01. The van der Waals surface area contributed by atoms with E-state index in [9.17, 15) is 0 Å². The Morgan fingerprint density at radius 1 is 1.19 bits per heavy atom. The van der Waals surface area contributed by atoms with Crippen LogP contribution in [0.25, 0.3) is 0 Å². The van der Waals surface area contributed by atoms with Gasteiger partial charge in [0.15, 0.2) is 5.15 Å². The Morgan fingerprint density at radius 3 is 2.48 bits per heavy atom. The maximum Gasteiger partial charge on any atom is 0.152 e. The second kappa shape index (κ2) is 6.99. The number of hydrogen-bond donors (Lipinski definition) is 2. The lowest BCUT2D eigenvalue weighted by Gasteiger charge is -2.13. The molecule has 4 heteroatoms. The first-order chi connectivity index (χ1) is 10.0. The molecule has 0 amide bonds. The number of aromatic nitrogens is 2. The molecule has 0 aliphatic carbocycles. The molecule has 2 N–H and O–H groups in total. The molecule has 0 spiro atoms. The molecule has 0 fully saturated rings. The summed E-state index contributed by atoms with van der Waals surface area (Å²) in [6.45, 7) is 9.22. The SMILES string of the molecule is CCCCc1nc(Cl)c(CNc2c(C)cc(C)cc2C)[nH]1. The second-order valence-corrected chi connectivity index (χ2v) is 6.04. The fourth-order valence-corrected chi connectivity index (χ4v) is 2.87. The summed E-state index contributed by atoms with van der Waals surface area (Å²) >= 11 is 6.21. The number of aryl methyl sites for hydroxylation is 4. The monoisotopic (exact) mass is 305 g/mol. The molecule has 0 saturated heterocycles. The van der Waals surface area contributed by atoms with Crippen LogP contribution in [0.15, 0.2) is 12.1 Å². The molecule has 21 heavy (non-hydrogen) atoms. The largest absolute Gasteiger partial charge is 0.379 e. The predicted molar refractivity (Wildman–Crippen MR) is 90.2 cm³/mol. The predicted octanol–water partition coefficient (Wildman–Crippen LogP) is 4.94. The van der Waals surface area contributed by atoms with Crippen LogP contribution in [0.4, 0.5) is 5.69 Å². The maximum absolute atomic E-state index is 6.21. The van der Waals surface area contributed by atoms with Crippen molar-refractivity contribution in [3.63, 3.8) is 0 Å². The Kier molecular flexibility index (Phi) is 5.29. The number of hydrogen-bond acceptors (Lipinski definition) is 2. The van der Waals surface area contributed by atoms with Crippen LogP contribution in [0.2, 0.25) is 5.15 Å². The summed E-state index contributed by atoms with van der Waals surface area (Å²) in [5.41, 5.74) is 5.95. The number of benzene rings is 1. The Bertz CT molecular complexity index is 593. The van der Waals surface area contributed by atoms with Crippen molar-refractivity contribution in [2.24, 2.45) is 0 Å². The van der Waals surface area contributed by atoms with Gasteiger partial charge in [-0.1, -0.05) is 42.6 Å². The molecule has 1 aromatic heterocycles. The topological polar surface area (TPSA) is 40.7 Å². The van der Waals surface area contributed by atoms with Crippen LogP contribution in [0.3, 0.4) is 0 Å². The van der Waals surface area contributed by atoms with Gasteiger partial charge in [-0.25, -0.2) is 4.98 Å². The van der Waals surface area contributed by atoms with Gasteiger partial charge >= 0.3 is 0 Å². The Morgan fingerprint density at radius 2 is 1.86 bits per heavy atom. The van der Waals surface area contributed by atoms with Crippen LogP contribution in [0.5, 0.6) is 0 Å². The summed E-state index contributed by atoms with van der Waals surface area (Å²) in [4.78, 5) is 7.72. The molecule has 0 unspecified atom stereocenters. The first-order valence-corrected chi connectivity index (χ1v) is 7.94. The average Bonchev–Trinajstić information content (AvgIpc) is 2.76. The summed E-state index contributed by atoms with van der Waals surface area (Å²) in [5, 5.41) is 4.06. The third-order valence-corrected chi connectivity index (χ3v) is 3.98. The zero-order valence-electron chi connectivity index (χ0n) is 13.3. The molecule has 2 aromatic rings. The molecule has 3 nitrogen and oxygen atoms in total. The molecule has 0 aliphatic rings. The lowest BCUT2D eigenvalue weighted by atomic mass is 10.1. The van der Waals surface area contributed by atoms with Gasteiger partial charge in [-0.05, 0) is 38.3 Å². The molecule has 2 rings (SSSR count). The van der Waals surface area contributed by atoms with Crippen LogP contribution in [-0.2, 0) is 13.0 Å². The number of H-pyrrole nitrogens is 1. The van der Waals surface area contributed by atoms with Gasteiger partial charge < -0.3 is 10.3 Å². The van der Waals surface area contributed by atoms with E-state index in [1.807, 2.05) is 0 Å².